The van der Waals surface area contributed by atoms with Gasteiger partial charge in [0.2, 0.25) is 17.7 Å². The van der Waals surface area contributed by atoms with E-state index in [9.17, 15) is 24.3 Å². The van der Waals surface area contributed by atoms with Crippen molar-refractivity contribution in [1.82, 2.24) is 15.1 Å². The average molecular weight is 652 g/mol. The largest absolute Gasteiger partial charge is 0.455 e. The Balaban J connectivity index is 1.63. The third kappa shape index (κ3) is 6.62. The Hall–Kier alpha value is -3.54. The fourth-order valence-corrected chi connectivity index (χ4v) is 7.60. The molecule has 0 aromatic heterocycles. The van der Waals surface area contributed by atoms with E-state index in [1.165, 1.54) is 12.0 Å². The minimum atomic E-state index is -1.46. The van der Waals surface area contributed by atoms with Crippen LogP contribution in [0.15, 0.2) is 54.6 Å². The molecule has 1 spiro atoms. The van der Waals surface area contributed by atoms with E-state index < -0.39 is 59.6 Å². The quantitative estimate of drug-likeness (QED) is 0.292. The lowest BCUT2D eigenvalue weighted by Crippen LogP contribution is -2.59. The van der Waals surface area contributed by atoms with Crippen molar-refractivity contribution in [1.29, 1.82) is 0 Å². The Labute approximate surface area is 277 Å². The molecule has 0 bridgehead atoms. The van der Waals surface area contributed by atoms with Gasteiger partial charge >= 0.3 is 5.97 Å². The summed E-state index contributed by atoms with van der Waals surface area (Å²) in [5.74, 6) is -3.84. The molecule has 3 amide bonds. The number of allylic oxidation sites excluding steroid dienone is 1. The number of ether oxygens (including phenoxy) is 3. The fourth-order valence-electron chi connectivity index (χ4n) is 7.60. The van der Waals surface area contributed by atoms with E-state index >= 15 is 0 Å². The predicted molar refractivity (Wildman–Crippen MR) is 174 cm³/mol. The van der Waals surface area contributed by atoms with E-state index in [0.717, 1.165) is 12.8 Å². The van der Waals surface area contributed by atoms with Crippen LogP contribution in [0.5, 0.6) is 0 Å². The molecule has 4 aliphatic rings. The number of unbranched alkanes of at least 4 members (excludes halogenated alkanes) is 1. The molecule has 2 fully saturated rings. The number of esters is 1. The monoisotopic (exact) mass is 651 g/mol. The number of nitrogens with one attached hydrogen (secondary N) is 1. The van der Waals surface area contributed by atoms with Crippen LogP contribution >= 0.6 is 0 Å². The molecule has 9 atom stereocenters. The van der Waals surface area contributed by atoms with Gasteiger partial charge in [0.25, 0.3) is 0 Å². The summed E-state index contributed by atoms with van der Waals surface area (Å²) in [5, 5.41) is 13.6. The zero-order valence-electron chi connectivity index (χ0n) is 27.9. The zero-order chi connectivity index (χ0) is 33.7. The van der Waals surface area contributed by atoms with E-state index in [1.54, 1.807) is 23.1 Å². The Bertz CT molecular complexity index is 1350. The number of likely N-dealkylation sites (tertiary alicyclic amines) is 1. The summed E-state index contributed by atoms with van der Waals surface area (Å²) in [6.45, 7) is 6.60. The number of nitrogens with zero attached hydrogens (tertiary/aromatic N) is 2. The van der Waals surface area contributed by atoms with E-state index in [4.69, 9.17) is 14.2 Å². The highest BCUT2D eigenvalue weighted by atomic mass is 16.6. The maximum atomic E-state index is 14.8. The standard InChI is InChI=1S/C36H49N3O8/c1-5-7-19-38-20-13-18-36-30(33(42)39(32(36)34(38)43)26(21-40)23(3)6-2)29-27(47-36)16-11-12-17-28(41)37-25(22-45-4)31(46-35(29)44)24-14-9-8-10-15-24/h8-11,13-16,18,23,25-27,29-32,40H,5-7,12,17,19-22H2,1-4H3,(H,37,41)/b16-11-/t23-,25-,26-,27-,29+,30+,31-,32-,36+/m0/s1. The second kappa shape index (κ2) is 15.1. The molecular weight excluding hydrogens is 602 g/mol. The molecule has 5 rings (SSSR count). The van der Waals surface area contributed by atoms with Gasteiger partial charge in [0, 0.05) is 26.6 Å². The second-order valence-corrected chi connectivity index (χ2v) is 13.1. The molecule has 11 nitrogen and oxygen atoms in total. The van der Waals surface area contributed by atoms with Crippen molar-refractivity contribution in [3.8, 4) is 0 Å². The molecular formula is C36H49N3O8. The molecule has 4 heterocycles. The molecule has 2 saturated heterocycles. The van der Waals surface area contributed by atoms with Crippen molar-refractivity contribution in [3.05, 3.63) is 60.2 Å². The summed E-state index contributed by atoms with van der Waals surface area (Å²) < 4.78 is 18.6. The first-order chi connectivity index (χ1) is 22.7. The molecule has 47 heavy (non-hydrogen) atoms. The lowest BCUT2D eigenvalue weighted by molar-refractivity contribution is -0.163. The molecule has 11 heteroatoms. The van der Waals surface area contributed by atoms with Gasteiger partial charge in [-0.25, -0.2) is 0 Å². The van der Waals surface area contributed by atoms with Crippen LogP contribution in [0.25, 0.3) is 0 Å². The molecule has 1 aromatic carbocycles. The number of amides is 3. The molecule has 0 saturated carbocycles. The Kier molecular flexibility index (Phi) is 11.2. The van der Waals surface area contributed by atoms with E-state index in [1.807, 2.05) is 50.3 Å². The third-order valence-corrected chi connectivity index (χ3v) is 10.2. The molecule has 0 radical (unpaired) electrons. The van der Waals surface area contributed by atoms with Gasteiger partial charge in [-0.1, -0.05) is 88.2 Å². The number of cyclic esters (lactones) is 1. The van der Waals surface area contributed by atoms with Gasteiger partial charge in [-0.15, -0.1) is 0 Å². The number of hydrogen-bond acceptors (Lipinski definition) is 8. The second-order valence-electron chi connectivity index (χ2n) is 13.1. The lowest BCUT2D eigenvalue weighted by atomic mass is 9.77. The zero-order valence-corrected chi connectivity index (χ0v) is 27.9. The maximum Gasteiger partial charge on any atom is 0.313 e. The summed E-state index contributed by atoms with van der Waals surface area (Å²) in [6, 6.07) is 6.71. The minimum Gasteiger partial charge on any atom is -0.455 e. The van der Waals surface area contributed by atoms with Crippen LogP contribution in [0.1, 0.15) is 64.5 Å². The SMILES string of the molecule is CCCCN1CC=C[C@@]23O[C@H]4/C=C\CCC(=O)N[C@@H](COC)[C@H](c5ccccc5)OC(=O)[C@H]4[C@@H]2C(=O)N([C@@H](CO)[C@@H](C)CC)[C@H]3C1=O. The van der Waals surface area contributed by atoms with Gasteiger partial charge in [0.15, 0.2) is 0 Å². The number of aliphatic hydroxyl groups is 1. The van der Waals surface area contributed by atoms with Crippen molar-refractivity contribution in [3.63, 3.8) is 0 Å². The van der Waals surface area contributed by atoms with E-state index in [2.05, 4.69) is 12.2 Å². The average Bonchev–Trinajstić information content (AvgIpc) is 3.46. The summed E-state index contributed by atoms with van der Waals surface area (Å²) in [5.41, 5.74) is -0.802. The van der Waals surface area contributed by atoms with Crippen molar-refractivity contribution < 1.29 is 38.5 Å². The van der Waals surface area contributed by atoms with Crippen molar-refractivity contribution >= 4 is 23.7 Å². The molecule has 0 aliphatic carbocycles. The highest BCUT2D eigenvalue weighted by Gasteiger charge is 2.72. The van der Waals surface area contributed by atoms with Crippen molar-refractivity contribution in [2.24, 2.45) is 17.8 Å². The van der Waals surface area contributed by atoms with Crippen LogP contribution < -0.4 is 5.32 Å². The topological polar surface area (TPSA) is 135 Å². The van der Waals surface area contributed by atoms with Crippen molar-refractivity contribution in [2.75, 3.05) is 33.4 Å². The smallest absolute Gasteiger partial charge is 0.313 e. The predicted octanol–water partition coefficient (Wildman–Crippen LogP) is 2.94. The van der Waals surface area contributed by atoms with Crippen LogP contribution in [0, 0.1) is 17.8 Å². The van der Waals surface area contributed by atoms with Gasteiger partial charge in [-0.2, -0.15) is 0 Å². The molecule has 0 unspecified atom stereocenters. The first-order valence-electron chi connectivity index (χ1n) is 17.0. The maximum absolute atomic E-state index is 14.8. The van der Waals surface area contributed by atoms with Crippen LogP contribution in [0.3, 0.4) is 0 Å². The molecule has 4 aliphatic heterocycles. The normalized spacial score (nSPS) is 33.0. The molecule has 256 valence electrons. The fraction of sp³-hybridized carbons (Fsp3) is 0.611. The first-order valence-corrected chi connectivity index (χ1v) is 17.0. The van der Waals surface area contributed by atoms with E-state index in [0.29, 0.717) is 31.5 Å². The van der Waals surface area contributed by atoms with Gasteiger partial charge in [0.05, 0.1) is 37.3 Å². The summed E-state index contributed by atoms with van der Waals surface area (Å²) in [7, 11) is 1.51. The van der Waals surface area contributed by atoms with Gasteiger partial charge < -0.3 is 34.4 Å². The van der Waals surface area contributed by atoms with Gasteiger partial charge in [-0.05, 0) is 24.3 Å². The highest BCUT2D eigenvalue weighted by Crippen LogP contribution is 2.54. The van der Waals surface area contributed by atoms with Gasteiger partial charge in [0.1, 0.15) is 23.7 Å². The number of carbonyl (C=O) groups is 4. The third-order valence-electron chi connectivity index (χ3n) is 10.2. The number of carbonyl (C=O) groups excluding carboxylic acids is 4. The van der Waals surface area contributed by atoms with E-state index in [-0.39, 0.29) is 37.4 Å². The number of fused-ring (bicyclic) bond motifs is 2. The first kappa shape index (κ1) is 34.8. The number of aliphatic hydroxyl groups excluding tert-OH is 1. The molecule has 1 aromatic rings. The lowest BCUT2D eigenvalue weighted by Gasteiger charge is -2.40. The van der Waals surface area contributed by atoms with Crippen LogP contribution in [-0.4, -0.2) is 102 Å². The number of hydrogen-bond donors (Lipinski definition) is 2. The van der Waals surface area contributed by atoms with Crippen LogP contribution in [0.4, 0.5) is 0 Å². The Morgan fingerprint density at radius 1 is 1.11 bits per heavy atom. The number of methoxy groups -OCH3 is 1. The van der Waals surface area contributed by atoms with Crippen LogP contribution in [-0.2, 0) is 33.4 Å². The molecule has 2 N–H and O–H groups in total. The van der Waals surface area contributed by atoms with Gasteiger partial charge in [-0.3, -0.25) is 19.2 Å². The summed E-state index contributed by atoms with van der Waals surface area (Å²) in [4.78, 5) is 60.1. The van der Waals surface area contributed by atoms with Crippen LogP contribution in [0.2, 0.25) is 0 Å². The minimum absolute atomic E-state index is 0.0824. The number of rotatable bonds is 10. The van der Waals surface area contributed by atoms with Crippen molar-refractivity contribution in [2.45, 2.75) is 88.8 Å². The highest BCUT2D eigenvalue weighted by molar-refractivity contribution is 5.99. The summed E-state index contributed by atoms with van der Waals surface area (Å²) >= 11 is 0. The Morgan fingerprint density at radius 3 is 2.55 bits per heavy atom. The Morgan fingerprint density at radius 2 is 1.87 bits per heavy atom. The summed E-state index contributed by atoms with van der Waals surface area (Å²) in [6.07, 6.45) is 8.28. The number of benzene rings is 1.